The second-order valence-electron chi connectivity index (χ2n) is 3.95. The van der Waals surface area contributed by atoms with Crippen LogP contribution in [0, 0.1) is 5.82 Å². The Labute approximate surface area is 128 Å². The molecule has 0 bridgehead atoms. The summed E-state index contributed by atoms with van der Waals surface area (Å²) in [6.45, 7) is 0. The average molecular weight is 322 g/mol. The van der Waals surface area contributed by atoms with E-state index in [1.54, 1.807) is 12.1 Å². The molecule has 5 nitrogen and oxygen atoms in total. The fraction of sp³-hybridized carbons (Fsp3) is 0. The van der Waals surface area contributed by atoms with Crippen molar-refractivity contribution < 1.29 is 18.3 Å². The number of carbonyl (C=O) groups is 1. The SMILES string of the molecule is O=C1NC(=S)SC1=COc1nc(-c2cccc(F)c2)co1. The second kappa shape index (κ2) is 5.66. The minimum absolute atomic E-state index is 0.0482. The Hall–Kier alpha value is -2.19. The molecule has 1 aliphatic rings. The summed E-state index contributed by atoms with van der Waals surface area (Å²) in [6, 6.07) is 5.94. The van der Waals surface area contributed by atoms with Crippen molar-refractivity contribution in [3.63, 3.8) is 0 Å². The van der Waals surface area contributed by atoms with Gasteiger partial charge in [-0.05, 0) is 12.1 Å². The summed E-state index contributed by atoms with van der Waals surface area (Å²) in [6.07, 6.45) is 2.50. The van der Waals surface area contributed by atoms with E-state index in [9.17, 15) is 9.18 Å². The molecule has 0 unspecified atom stereocenters. The van der Waals surface area contributed by atoms with Crippen LogP contribution in [0.15, 0.2) is 46.1 Å². The largest absolute Gasteiger partial charge is 0.418 e. The van der Waals surface area contributed by atoms with Crippen molar-refractivity contribution in [1.29, 1.82) is 0 Å². The molecule has 1 amide bonds. The molecular weight excluding hydrogens is 315 g/mol. The van der Waals surface area contributed by atoms with Gasteiger partial charge in [-0.2, -0.15) is 4.98 Å². The maximum atomic E-state index is 13.1. The topological polar surface area (TPSA) is 64.4 Å². The summed E-state index contributed by atoms with van der Waals surface area (Å²) < 4.78 is 23.8. The van der Waals surface area contributed by atoms with Gasteiger partial charge in [-0.25, -0.2) is 4.39 Å². The molecule has 8 heteroatoms. The van der Waals surface area contributed by atoms with Crippen molar-refractivity contribution in [2.75, 3.05) is 0 Å². The van der Waals surface area contributed by atoms with Crippen LogP contribution in [0.5, 0.6) is 6.08 Å². The van der Waals surface area contributed by atoms with E-state index in [1.165, 1.54) is 24.7 Å². The van der Waals surface area contributed by atoms with Gasteiger partial charge in [0.05, 0.1) is 0 Å². The Kier molecular flexibility index (Phi) is 3.72. The molecule has 2 aromatic rings. The number of halogens is 1. The molecule has 0 radical (unpaired) electrons. The van der Waals surface area contributed by atoms with Gasteiger partial charge in [0.2, 0.25) is 0 Å². The molecule has 2 heterocycles. The smallest absolute Gasteiger partial charge is 0.399 e. The second-order valence-corrected chi connectivity index (χ2v) is 5.67. The van der Waals surface area contributed by atoms with E-state index in [-0.39, 0.29) is 17.8 Å². The van der Waals surface area contributed by atoms with Gasteiger partial charge < -0.3 is 14.5 Å². The van der Waals surface area contributed by atoms with E-state index in [4.69, 9.17) is 21.4 Å². The van der Waals surface area contributed by atoms with Gasteiger partial charge in [-0.3, -0.25) is 4.79 Å². The predicted molar refractivity (Wildman–Crippen MR) is 78.9 cm³/mol. The van der Waals surface area contributed by atoms with Crippen LogP contribution in [-0.4, -0.2) is 15.2 Å². The van der Waals surface area contributed by atoms with E-state index in [1.807, 2.05) is 0 Å². The molecular formula is C13H7FN2O3S2. The van der Waals surface area contributed by atoms with Crippen molar-refractivity contribution in [2.24, 2.45) is 0 Å². The molecule has 1 aliphatic heterocycles. The number of amides is 1. The van der Waals surface area contributed by atoms with Crippen LogP contribution >= 0.6 is 24.0 Å². The number of hydrogen-bond donors (Lipinski definition) is 1. The number of hydrogen-bond acceptors (Lipinski definition) is 6. The Morgan fingerprint density at radius 2 is 2.33 bits per heavy atom. The van der Waals surface area contributed by atoms with E-state index in [0.717, 1.165) is 11.8 Å². The monoisotopic (exact) mass is 322 g/mol. The highest BCUT2D eigenvalue weighted by Crippen LogP contribution is 2.25. The van der Waals surface area contributed by atoms with Crippen LogP contribution in [0.3, 0.4) is 0 Å². The van der Waals surface area contributed by atoms with Crippen LogP contribution in [0.2, 0.25) is 0 Å². The van der Waals surface area contributed by atoms with Crippen LogP contribution < -0.4 is 10.1 Å². The summed E-state index contributed by atoms with van der Waals surface area (Å²) >= 11 is 5.93. The van der Waals surface area contributed by atoms with Gasteiger partial charge >= 0.3 is 6.08 Å². The highest BCUT2D eigenvalue weighted by molar-refractivity contribution is 8.26. The zero-order valence-electron chi connectivity index (χ0n) is 10.3. The number of oxazole rings is 1. The van der Waals surface area contributed by atoms with E-state index in [0.29, 0.717) is 20.5 Å². The van der Waals surface area contributed by atoms with E-state index < -0.39 is 0 Å². The molecule has 0 aliphatic carbocycles. The Bertz CT molecular complexity index is 757. The minimum Gasteiger partial charge on any atom is -0.418 e. The van der Waals surface area contributed by atoms with Crippen molar-refractivity contribution >= 4 is 34.2 Å². The van der Waals surface area contributed by atoms with Crippen LogP contribution in [0.1, 0.15) is 0 Å². The number of rotatable bonds is 3. The predicted octanol–water partition coefficient (Wildman–Crippen LogP) is 2.85. The molecule has 1 aromatic heterocycles. The van der Waals surface area contributed by atoms with Gasteiger partial charge in [-0.15, -0.1) is 0 Å². The lowest BCUT2D eigenvalue weighted by Crippen LogP contribution is -2.17. The third kappa shape index (κ3) is 3.11. The van der Waals surface area contributed by atoms with Gasteiger partial charge in [0.25, 0.3) is 5.91 Å². The molecule has 3 rings (SSSR count). The molecule has 0 atom stereocenters. The van der Waals surface area contributed by atoms with Gasteiger partial charge in [0.1, 0.15) is 33.3 Å². The fourth-order valence-corrected chi connectivity index (χ4v) is 2.54. The zero-order chi connectivity index (χ0) is 14.8. The lowest BCUT2D eigenvalue weighted by Gasteiger charge is -1.95. The number of nitrogens with one attached hydrogen (secondary N) is 1. The zero-order valence-corrected chi connectivity index (χ0v) is 12.0. The van der Waals surface area contributed by atoms with Crippen molar-refractivity contribution in [2.45, 2.75) is 0 Å². The number of ether oxygens (including phenoxy) is 1. The van der Waals surface area contributed by atoms with Crippen molar-refractivity contribution in [1.82, 2.24) is 10.3 Å². The van der Waals surface area contributed by atoms with E-state index >= 15 is 0 Å². The molecule has 0 spiro atoms. The Morgan fingerprint density at radius 3 is 3.05 bits per heavy atom. The summed E-state index contributed by atoms with van der Waals surface area (Å²) in [5.41, 5.74) is 0.998. The lowest BCUT2D eigenvalue weighted by atomic mass is 10.2. The Morgan fingerprint density at radius 1 is 1.48 bits per heavy atom. The first-order valence-electron chi connectivity index (χ1n) is 5.73. The molecule has 1 aromatic carbocycles. The first kappa shape index (κ1) is 13.8. The first-order valence-corrected chi connectivity index (χ1v) is 6.96. The standard InChI is InChI=1S/C13H7FN2O3S2/c14-8-3-1-2-7(4-8)9-5-18-12(15-9)19-6-10-11(17)16-13(20)21-10/h1-6H,(H,16,17,20). The van der Waals surface area contributed by atoms with Gasteiger partial charge in [0.15, 0.2) is 0 Å². The van der Waals surface area contributed by atoms with Gasteiger partial charge in [0, 0.05) is 5.56 Å². The van der Waals surface area contributed by atoms with Gasteiger partial charge in [-0.1, -0.05) is 36.1 Å². The number of thiocarbonyl (C=S) groups is 1. The van der Waals surface area contributed by atoms with Crippen LogP contribution in [-0.2, 0) is 4.79 Å². The molecule has 106 valence electrons. The molecule has 1 fully saturated rings. The quantitative estimate of drug-likeness (QED) is 0.532. The molecule has 0 saturated carbocycles. The molecule has 21 heavy (non-hydrogen) atoms. The molecule has 1 saturated heterocycles. The number of benzene rings is 1. The molecule has 1 N–H and O–H groups in total. The Balaban J connectivity index is 1.75. The normalized spacial score (nSPS) is 16.3. The number of carbonyl (C=O) groups excluding carboxylic acids is 1. The van der Waals surface area contributed by atoms with Crippen LogP contribution in [0.25, 0.3) is 11.3 Å². The maximum Gasteiger partial charge on any atom is 0.399 e. The number of nitrogens with zero attached hydrogens (tertiary/aromatic N) is 1. The third-order valence-electron chi connectivity index (χ3n) is 2.51. The minimum atomic E-state index is -0.368. The summed E-state index contributed by atoms with van der Waals surface area (Å²) in [5.74, 6) is -0.700. The maximum absolute atomic E-state index is 13.1. The van der Waals surface area contributed by atoms with Crippen molar-refractivity contribution in [3.8, 4) is 17.3 Å². The summed E-state index contributed by atoms with van der Waals surface area (Å²) in [5, 5.41) is 2.45. The van der Waals surface area contributed by atoms with E-state index in [2.05, 4.69) is 10.3 Å². The number of thioether (sulfide) groups is 1. The van der Waals surface area contributed by atoms with Crippen molar-refractivity contribution in [3.05, 3.63) is 47.5 Å². The highest BCUT2D eigenvalue weighted by Gasteiger charge is 2.23. The number of aromatic nitrogens is 1. The average Bonchev–Trinajstić information content (AvgIpc) is 3.03. The summed E-state index contributed by atoms with van der Waals surface area (Å²) in [7, 11) is 0. The third-order valence-corrected chi connectivity index (χ3v) is 3.65. The fourth-order valence-electron chi connectivity index (χ4n) is 1.60. The lowest BCUT2D eigenvalue weighted by molar-refractivity contribution is -0.115. The highest BCUT2D eigenvalue weighted by atomic mass is 32.2. The first-order chi connectivity index (χ1) is 10.1. The van der Waals surface area contributed by atoms with Crippen LogP contribution in [0.4, 0.5) is 4.39 Å². The summed E-state index contributed by atoms with van der Waals surface area (Å²) in [4.78, 5) is 15.8.